The number of para-hydroxylation sites is 1. The molecule has 2 aromatic heterocycles. The molecule has 0 radical (unpaired) electrons. The highest BCUT2D eigenvalue weighted by Gasteiger charge is 2.21. The summed E-state index contributed by atoms with van der Waals surface area (Å²) in [5.74, 6) is -0.541. The number of hydrogen-bond donors (Lipinski definition) is 1. The first-order chi connectivity index (χ1) is 12.7. The number of aromatic hydroxyl groups is 1. The van der Waals surface area contributed by atoms with Crippen molar-refractivity contribution in [3.8, 4) is 5.75 Å². The van der Waals surface area contributed by atoms with Gasteiger partial charge in [-0.3, -0.25) is 9.59 Å². The summed E-state index contributed by atoms with van der Waals surface area (Å²) >= 11 is 1.48. The van der Waals surface area contributed by atoms with E-state index < -0.39 is 5.78 Å². The molecule has 0 unspecified atom stereocenters. The number of piperidine rings is 1. The molecule has 1 N–H and O–H groups in total. The van der Waals surface area contributed by atoms with Crippen molar-refractivity contribution in [3.05, 3.63) is 47.2 Å². The highest BCUT2D eigenvalue weighted by molar-refractivity contribution is 7.22. The van der Waals surface area contributed by atoms with Crippen LogP contribution >= 0.6 is 11.3 Å². The maximum Gasteiger partial charge on any atom is 0.199 e. The van der Waals surface area contributed by atoms with E-state index in [-0.39, 0.29) is 22.6 Å². The lowest BCUT2D eigenvalue weighted by Crippen LogP contribution is -2.29. The van der Waals surface area contributed by atoms with E-state index in [1.807, 2.05) is 0 Å². The van der Waals surface area contributed by atoms with E-state index in [9.17, 15) is 14.7 Å². The summed E-state index contributed by atoms with van der Waals surface area (Å²) in [6.07, 6.45) is 4.07. The third-order valence-electron chi connectivity index (χ3n) is 4.53. The monoisotopic (exact) mass is 367 g/mol. The van der Waals surface area contributed by atoms with Gasteiger partial charge < -0.3 is 10.0 Å². The summed E-state index contributed by atoms with van der Waals surface area (Å²) in [6, 6.07) is 7.94. The van der Waals surface area contributed by atoms with E-state index in [2.05, 4.69) is 14.9 Å². The molecule has 0 saturated carbocycles. The Morgan fingerprint density at radius 1 is 1.12 bits per heavy atom. The van der Waals surface area contributed by atoms with E-state index in [0.717, 1.165) is 35.8 Å². The van der Waals surface area contributed by atoms with Crippen molar-refractivity contribution in [3.63, 3.8) is 0 Å². The van der Waals surface area contributed by atoms with Crippen LogP contribution in [0.3, 0.4) is 0 Å². The number of anilines is 1. The highest BCUT2D eigenvalue weighted by Crippen LogP contribution is 2.32. The van der Waals surface area contributed by atoms with Gasteiger partial charge in [0.25, 0.3) is 0 Å². The predicted molar refractivity (Wildman–Crippen MR) is 100 cm³/mol. The minimum Gasteiger partial charge on any atom is -0.507 e. The van der Waals surface area contributed by atoms with Crippen LogP contribution in [-0.4, -0.2) is 40.2 Å². The summed E-state index contributed by atoms with van der Waals surface area (Å²) in [4.78, 5) is 35.4. The summed E-state index contributed by atoms with van der Waals surface area (Å²) in [5.41, 5.74) is 0.855. The summed E-state index contributed by atoms with van der Waals surface area (Å²) in [7, 11) is 0. The lowest BCUT2D eigenvalue weighted by atomic mass is 10.0. The molecule has 0 amide bonds. The Balaban J connectivity index is 1.78. The van der Waals surface area contributed by atoms with Crippen molar-refractivity contribution >= 4 is 38.9 Å². The Bertz CT molecular complexity index is 993. The number of thiazole rings is 1. The van der Waals surface area contributed by atoms with Gasteiger partial charge in [-0.05, 0) is 37.5 Å². The maximum atomic E-state index is 12.8. The Labute approximate surface area is 154 Å². The second-order valence-corrected chi connectivity index (χ2v) is 7.26. The molecule has 1 aliphatic heterocycles. The Hall–Kier alpha value is -2.80. The van der Waals surface area contributed by atoms with Gasteiger partial charge in [-0.15, -0.1) is 0 Å². The van der Waals surface area contributed by atoms with E-state index in [1.54, 1.807) is 18.2 Å². The van der Waals surface area contributed by atoms with Crippen LogP contribution in [0.15, 0.2) is 30.3 Å². The van der Waals surface area contributed by atoms with Crippen LogP contribution in [-0.2, 0) is 0 Å². The number of benzene rings is 1. The number of phenolic OH excluding ortho intramolecular Hbond substituents is 1. The molecule has 3 heterocycles. The van der Waals surface area contributed by atoms with Crippen LogP contribution in [0.2, 0.25) is 0 Å². The number of pyridine rings is 1. The summed E-state index contributed by atoms with van der Waals surface area (Å²) < 4.78 is 0.759. The first-order valence-corrected chi connectivity index (χ1v) is 9.33. The number of aromatic nitrogens is 2. The number of carbonyl (C=O) groups is 2. The Morgan fingerprint density at radius 3 is 2.62 bits per heavy atom. The lowest BCUT2D eigenvalue weighted by Gasteiger charge is -2.25. The number of nitrogens with zero attached hydrogens (tertiary/aromatic N) is 3. The Morgan fingerprint density at radius 2 is 1.88 bits per heavy atom. The molecule has 1 saturated heterocycles. The van der Waals surface area contributed by atoms with Crippen LogP contribution in [0.1, 0.15) is 45.7 Å². The van der Waals surface area contributed by atoms with Crippen LogP contribution in [0.25, 0.3) is 10.3 Å². The van der Waals surface area contributed by atoms with Gasteiger partial charge >= 0.3 is 0 Å². The normalized spacial score (nSPS) is 14.5. The maximum absolute atomic E-state index is 12.8. The molecule has 1 fully saturated rings. The molecule has 26 heavy (non-hydrogen) atoms. The summed E-state index contributed by atoms with van der Waals surface area (Å²) in [6.45, 7) is 1.92. The number of hydrogen-bond acceptors (Lipinski definition) is 7. The number of phenols is 1. The van der Waals surface area contributed by atoms with Gasteiger partial charge in [0.2, 0.25) is 0 Å². The number of ketones is 1. The zero-order valence-corrected chi connectivity index (χ0v) is 14.8. The fourth-order valence-electron chi connectivity index (χ4n) is 3.17. The molecular formula is C19H17N3O3S. The molecule has 7 heteroatoms. The van der Waals surface area contributed by atoms with Crippen molar-refractivity contribution in [2.24, 2.45) is 0 Å². The average Bonchev–Trinajstić information content (AvgIpc) is 3.10. The van der Waals surface area contributed by atoms with E-state index in [0.29, 0.717) is 11.9 Å². The quantitative estimate of drug-likeness (QED) is 0.562. The van der Waals surface area contributed by atoms with Gasteiger partial charge in [0.1, 0.15) is 11.4 Å². The van der Waals surface area contributed by atoms with Crippen molar-refractivity contribution in [2.75, 3.05) is 18.0 Å². The second kappa shape index (κ2) is 6.84. The van der Waals surface area contributed by atoms with Crippen LogP contribution in [0.5, 0.6) is 5.75 Å². The van der Waals surface area contributed by atoms with Crippen molar-refractivity contribution < 1.29 is 14.7 Å². The summed E-state index contributed by atoms with van der Waals surface area (Å²) in [5, 5.41) is 10.8. The average molecular weight is 367 g/mol. The van der Waals surface area contributed by atoms with Crippen molar-refractivity contribution in [1.82, 2.24) is 9.97 Å². The predicted octanol–water partition coefficient (Wildman–Crippen LogP) is 3.43. The fourth-order valence-corrected chi connectivity index (χ4v) is 4.17. The van der Waals surface area contributed by atoms with Crippen LogP contribution in [0, 0.1) is 0 Å². The van der Waals surface area contributed by atoms with Crippen molar-refractivity contribution in [1.29, 1.82) is 0 Å². The van der Waals surface area contributed by atoms with Gasteiger partial charge in [-0.25, -0.2) is 4.98 Å². The van der Waals surface area contributed by atoms with Gasteiger partial charge in [0.15, 0.2) is 22.8 Å². The molecule has 0 aliphatic carbocycles. The fraction of sp³-hybridized carbons (Fsp3) is 0.263. The SMILES string of the molecule is O=Cc1nc2nc(N3CCCCC3)sc2cc1C(=O)c1ccccc1O. The first-order valence-electron chi connectivity index (χ1n) is 8.52. The molecule has 0 atom stereocenters. The minimum atomic E-state index is -0.424. The van der Waals surface area contributed by atoms with Gasteiger partial charge in [0, 0.05) is 13.1 Å². The third kappa shape index (κ3) is 2.94. The Kier molecular flexibility index (Phi) is 4.38. The molecule has 0 spiro atoms. The standard InChI is InChI=1S/C19H17N3O3S/c23-11-14-13(17(25)12-6-2-3-7-15(12)24)10-16-18(20-14)21-19(26-16)22-8-4-1-5-9-22/h2-3,6-7,10-11,24H,1,4-5,8-9H2. The van der Waals surface area contributed by atoms with Crippen LogP contribution in [0.4, 0.5) is 5.13 Å². The third-order valence-corrected chi connectivity index (χ3v) is 5.58. The second-order valence-electron chi connectivity index (χ2n) is 6.25. The van der Waals surface area contributed by atoms with Crippen molar-refractivity contribution in [2.45, 2.75) is 19.3 Å². The molecule has 1 aliphatic rings. The minimum absolute atomic E-state index is 0.0428. The van der Waals surface area contributed by atoms with Gasteiger partial charge in [-0.1, -0.05) is 23.5 Å². The van der Waals surface area contributed by atoms with Gasteiger partial charge in [0.05, 0.1) is 15.8 Å². The van der Waals surface area contributed by atoms with Gasteiger partial charge in [-0.2, -0.15) is 4.98 Å². The molecular weight excluding hydrogens is 350 g/mol. The largest absolute Gasteiger partial charge is 0.507 e. The highest BCUT2D eigenvalue weighted by atomic mass is 32.1. The van der Waals surface area contributed by atoms with E-state index in [4.69, 9.17) is 0 Å². The molecule has 3 aromatic rings. The lowest BCUT2D eigenvalue weighted by molar-refractivity contribution is 0.102. The molecule has 1 aromatic carbocycles. The topological polar surface area (TPSA) is 83.4 Å². The smallest absolute Gasteiger partial charge is 0.199 e. The molecule has 4 rings (SSSR count). The van der Waals surface area contributed by atoms with Crippen LogP contribution < -0.4 is 4.90 Å². The number of aldehydes is 1. The van der Waals surface area contributed by atoms with E-state index in [1.165, 1.54) is 29.9 Å². The number of rotatable bonds is 4. The van der Waals surface area contributed by atoms with E-state index >= 15 is 0 Å². The molecule has 0 bridgehead atoms. The zero-order chi connectivity index (χ0) is 18.1. The number of fused-ring (bicyclic) bond motifs is 1. The molecule has 6 nitrogen and oxygen atoms in total. The first kappa shape index (κ1) is 16.7. The zero-order valence-electron chi connectivity index (χ0n) is 14.0. The number of carbonyl (C=O) groups excluding carboxylic acids is 2. The molecule has 132 valence electrons.